The van der Waals surface area contributed by atoms with Crippen molar-refractivity contribution in [1.29, 1.82) is 0 Å². The lowest BCUT2D eigenvalue weighted by atomic mass is 10.2. The zero-order valence-electron chi connectivity index (χ0n) is 14.9. The number of anilines is 1. The molecule has 0 aliphatic rings. The van der Waals surface area contributed by atoms with E-state index in [0.29, 0.717) is 18.9 Å². The van der Waals surface area contributed by atoms with Gasteiger partial charge in [-0.25, -0.2) is 0 Å². The molecule has 0 saturated heterocycles. The normalized spacial score (nSPS) is 12.0. The van der Waals surface area contributed by atoms with Crippen LogP contribution in [0.5, 0.6) is 11.5 Å². The van der Waals surface area contributed by atoms with E-state index in [1.807, 2.05) is 43.3 Å². The third kappa shape index (κ3) is 7.64. The fourth-order valence-electron chi connectivity index (χ4n) is 2.19. The third-order valence-electron chi connectivity index (χ3n) is 3.42. The van der Waals surface area contributed by atoms with Crippen molar-refractivity contribution >= 4 is 35.5 Å². The first-order valence-electron chi connectivity index (χ1n) is 7.97. The summed E-state index contributed by atoms with van der Waals surface area (Å²) in [5.74, 6) is 2.08. The van der Waals surface area contributed by atoms with E-state index in [1.165, 1.54) is 5.56 Å². The molecule has 0 bridgehead atoms. The van der Waals surface area contributed by atoms with Gasteiger partial charge in [0.05, 0.1) is 20.2 Å². The van der Waals surface area contributed by atoms with Gasteiger partial charge in [-0.15, -0.1) is 24.0 Å². The number of nitrogens with one attached hydrogen (secondary N) is 1. The van der Waals surface area contributed by atoms with Crippen molar-refractivity contribution in [2.75, 3.05) is 25.5 Å². The van der Waals surface area contributed by atoms with E-state index in [0.717, 1.165) is 17.2 Å². The second kappa shape index (κ2) is 10.8. The van der Waals surface area contributed by atoms with Crippen molar-refractivity contribution in [1.82, 2.24) is 0 Å². The van der Waals surface area contributed by atoms with Gasteiger partial charge in [-0.2, -0.15) is 0 Å². The maximum absolute atomic E-state index is 5.96. The summed E-state index contributed by atoms with van der Waals surface area (Å²) >= 11 is 0. The van der Waals surface area contributed by atoms with E-state index in [2.05, 4.69) is 29.4 Å². The van der Waals surface area contributed by atoms with Crippen LogP contribution in [-0.2, 0) is 0 Å². The number of halogens is 1. The Morgan fingerprint density at radius 2 is 1.88 bits per heavy atom. The lowest BCUT2D eigenvalue weighted by molar-refractivity contribution is 0.229. The summed E-state index contributed by atoms with van der Waals surface area (Å²) in [6, 6.07) is 15.7. The van der Waals surface area contributed by atoms with Gasteiger partial charge in [0.15, 0.2) is 0 Å². The highest BCUT2D eigenvalue weighted by Crippen LogP contribution is 2.19. The maximum Gasteiger partial charge on any atom is 0.123 e. The number of aliphatic imine (C=N–C) groups is 1. The van der Waals surface area contributed by atoms with E-state index in [1.54, 1.807) is 7.11 Å². The Morgan fingerprint density at radius 1 is 1.16 bits per heavy atom. The van der Waals surface area contributed by atoms with E-state index < -0.39 is 0 Å². The average Bonchev–Trinajstić information content (AvgIpc) is 2.58. The van der Waals surface area contributed by atoms with Crippen molar-refractivity contribution in [3.05, 3.63) is 54.1 Å². The molecule has 0 fully saturated rings. The molecule has 1 atom stereocenters. The fourth-order valence-corrected chi connectivity index (χ4v) is 2.19. The monoisotopic (exact) mass is 455 g/mol. The molecule has 25 heavy (non-hydrogen) atoms. The lowest BCUT2D eigenvalue weighted by Gasteiger charge is -2.14. The SMILES string of the molecule is COc1cccc(OC(C)CN=C(N)CNc2cccc(C)c2)c1.I. The number of hydrogen-bond acceptors (Lipinski definition) is 4. The van der Waals surface area contributed by atoms with Gasteiger partial charge < -0.3 is 20.5 Å². The first kappa shape index (κ1) is 21.1. The predicted molar refractivity (Wildman–Crippen MR) is 115 cm³/mol. The summed E-state index contributed by atoms with van der Waals surface area (Å²) in [6.07, 6.45) is -0.0744. The second-order valence-electron chi connectivity index (χ2n) is 5.66. The molecule has 0 amide bonds. The second-order valence-corrected chi connectivity index (χ2v) is 5.66. The number of ether oxygens (including phenoxy) is 2. The zero-order valence-corrected chi connectivity index (χ0v) is 17.2. The molecule has 1 unspecified atom stereocenters. The van der Waals surface area contributed by atoms with E-state index in [-0.39, 0.29) is 30.1 Å². The van der Waals surface area contributed by atoms with Crippen molar-refractivity contribution in [2.24, 2.45) is 10.7 Å². The topological polar surface area (TPSA) is 68.9 Å². The summed E-state index contributed by atoms with van der Waals surface area (Å²) in [7, 11) is 1.63. The molecular formula is C19H26IN3O2. The van der Waals surface area contributed by atoms with Crippen LogP contribution in [0.25, 0.3) is 0 Å². The third-order valence-corrected chi connectivity index (χ3v) is 3.42. The smallest absolute Gasteiger partial charge is 0.123 e. The van der Waals surface area contributed by atoms with Crippen LogP contribution in [0, 0.1) is 6.92 Å². The van der Waals surface area contributed by atoms with Gasteiger partial charge >= 0.3 is 0 Å². The Hall–Kier alpha value is -1.96. The molecule has 136 valence electrons. The Labute approximate surface area is 166 Å². The maximum atomic E-state index is 5.96. The number of hydrogen-bond donors (Lipinski definition) is 2. The molecule has 2 aromatic rings. The number of nitrogens with zero attached hydrogens (tertiary/aromatic N) is 1. The summed E-state index contributed by atoms with van der Waals surface area (Å²) in [4.78, 5) is 4.38. The molecule has 0 heterocycles. The van der Waals surface area contributed by atoms with Gasteiger partial charge in [0.1, 0.15) is 23.4 Å². The van der Waals surface area contributed by atoms with Gasteiger partial charge in [0, 0.05) is 11.8 Å². The number of methoxy groups -OCH3 is 1. The van der Waals surface area contributed by atoms with Crippen LogP contribution >= 0.6 is 24.0 Å². The van der Waals surface area contributed by atoms with Gasteiger partial charge in [0.25, 0.3) is 0 Å². The molecule has 0 radical (unpaired) electrons. The molecule has 2 aromatic carbocycles. The molecule has 0 aliphatic carbocycles. The Morgan fingerprint density at radius 3 is 2.60 bits per heavy atom. The minimum atomic E-state index is -0.0744. The van der Waals surface area contributed by atoms with Gasteiger partial charge in [-0.05, 0) is 43.7 Å². The molecular weight excluding hydrogens is 429 g/mol. The van der Waals surface area contributed by atoms with Crippen LogP contribution in [-0.4, -0.2) is 32.1 Å². The lowest BCUT2D eigenvalue weighted by Crippen LogP contribution is -2.25. The van der Waals surface area contributed by atoms with E-state index in [9.17, 15) is 0 Å². The van der Waals surface area contributed by atoms with Crippen molar-refractivity contribution in [3.63, 3.8) is 0 Å². The van der Waals surface area contributed by atoms with Crippen molar-refractivity contribution < 1.29 is 9.47 Å². The van der Waals surface area contributed by atoms with Gasteiger partial charge in [0.2, 0.25) is 0 Å². The van der Waals surface area contributed by atoms with Crippen LogP contribution in [0.15, 0.2) is 53.5 Å². The van der Waals surface area contributed by atoms with E-state index >= 15 is 0 Å². The highest BCUT2D eigenvalue weighted by Gasteiger charge is 2.05. The molecule has 3 N–H and O–H groups in total. The summed E-state index contributed by atoms with van der Waals surface area (Å²) in [6.45, 7) is 5.03. The number of rotatable bonds is 8. The highest BCUT2D eigenvalue weighted by atomic mass is 127. The molecule has 5 nitrogen and oxygen atoms in total. The van der Waals surface area contributed by atoms with Gasteiger partial charge in [-0.1, -0.05) is 18.2 Å². The number of nitrogens with two attached hydrogens (primary N) is 1. The summed E-state index contributed by atoms with van der Waals surface area (Å²) in [5, 5.41) is 3.26. The molecule has 0 aliphatic heterocycles. The van der Waals surface area contributed by atoms with Crippen LogP contribution in [0.1, 0.15) is 12.5 Å². The van der Waals surface area contributed by atoms with Crippen LogP contribution in [0.2, 0.25) is 0 Å². The fraction of sp³-hybridized carbons (Fsp3) is 0.316. The molecule has 0 saturated carbocycles. The average molecular weight is 455 g/mol. The minimum absolute atomic E-state index is 0. The molecule has 6 heteroatoms. The Kier molecular flexibility index (Phi) is 9.12. The van der Waals surface area contributed by atoms with Crippen LogP contribution in [0.4, 0.5) is 5.69 Å². The summed E-state index contributed by atoms with van der Waals surface area (Å²) in [5.41, 5.74) is 8.20. The number of amidine groups is 1. The molecule has 2 rings (SSSR count). The standard InChI is InChI=1S/C19H25N3O2.HI/c1-14-6-4-7-16(10-14)21-13-19(20)22-12-15(2)24-18-9-5-8-17(11-18)23-3;/h4-11,15,21H,12-13H2,1-3H3,(H2,20,22);1H. The quantitative estimate of drug-likeness (QED) is 0.361. The summed E-state index contributed by atoms with van der Waals surface area (Å²) < 4.78 is 11.0. The largest absolute Gasteiger partial charge is 0.497 e. The first-order valence-corrected chi connectivity index (χ1v) is 7.97. The Bertz CT molecular complexity index is 692. The van der Waals surface area contributed by atoms with Gasteiger partial charge in [-0.3, -0.25) is 4.99 Å². The zero-order chi connectivity index (χ0) is 17.4. The van der Waals surface area contributed by atoms with Crippen LogP contribution in [0.3, 0.4) is 0 Å². The minimum Gasteiger partial charge on any atom is -0.497 e. The first-order chi connectivity index (χ1) is 11.6. The van der Waals surface area contributed by atoms with Crippen molar-refractivity contribution in [3.8, 4) is 11.5 Å². The van der Waals surface area contributed by atoms with Crippen LogP contribution < -0.4 is 20.5 Å². The Balaban J connectivity index is 0.00000312. The van der Waals surface area contributed by atoms with E-state index in [4.69, 9.17) is 15.2 Å². The number of aryl methyl sites for hydroxylation is 1. The highest BCUT2D eigenvalue weighted by molar-refractivity contribution is 14.0. The predicted octanol–water partition coefficient (Wildman–Crippen LogP) is 3.86. The number of benzene rings is 2. The molecule has 0 spiro atoms. The molecule has 0 aromatic heterocycles. The van der Waals surface area contributed by atoms with Crippen molar-refractivity contribution in [2.45, 2.75) is 20.0 Å².